The Labute approximate surface area is 118 Å². The van der Waals surface area contributed by atoms with Crippen LogP contribution in [0.5, 0.6) is 0 Å². The van der Waals surface area contributed by atoms with Gasteiger partial charge < -0.3 is 14.8 Å². The zero-order valence-corrected chi connectivity index (χ0v) is 12.1. The Kier molecular flexibility index (Phi) is 6.09. The highest BCUT2D eigenvalue weighted by atomic mass is 79.9. The molecule has 1 atom stereocenters. The van der Waals surface area contributed by atoms with Crippen LogP contribution in [-0.2, 0) is 15.7 Å². The third-order valence-corrected chi connectivity index (χ3v) is 3.16. The van der Waals surface area contributed by atoms with Crippen molar-refractivity contribution in [2.24, 2.45) is 0 Å². The molecule has 1 unspecified atom stereocenters. The van der Waals surface area contributed by atoms with Crippen LogP contribution in [0.25, 0.3) is 0 Å². The van der Waals surface area contributed by atoms with Gasteiger partial charge in [-0.25, -0.2) is 0 Å². The van der Waals surface area contributed by atoms with E-state index >= 15 is 0 Å². The fourth-order valence-electron chi connectivity index (χ4n) is 1.45. The first-order chi connectivity index (χ1) is 8.88. The van der Waals surface area contributed by atoms with Gasteiger partial charge in [-0.05, 0) is 34.1 Å². The van der Waals surface area contributed by atoms with Gasteiger partial charge in [-0.3, -0.25) is 0 Å². The average Bonchev–Trinajstić information content (AvgIpc) is 2.34. The molecular weight excluding hydrogens is 327 g/mol. The van der Waals surface area contributed by atoms with E-state index in [0.29, 0.717) is 23.3 Å². The third-order valence-electron chi connectivity index (χ3n) is 2.50. The number of hydrogen-bond acceptors (Lipinski definition) is 3. The molecule has 1 rings (SSSR count). The minimum absolute atomic E-state index is 0.167. The number of halogens is 4. The monoisotopic (exact) mass is 341 g/mol. The molecule has 0 saturated heterocycles. The number of anilines is 1. The van der Waals surface area contributed by atoms with Gasteiger partial charge in [0.05, 0.1) is 18.3 Å². The van der Waals surface area contributed by atoms with Crippen LogP contribution in [0.1, 0.15) is 5.56 Å². The number of ether oxygens (including phenoxy) is 2. The van der Waals surface area contributed by atoms with Crippen LogP contribution >= 0.6 is 15.9 Å². The van der Waals surface area contributed by atoms with Crippen molar-refractivity contribution in [2.75, 3.05) is 32.7 Å². The van der Waals surface area contributed by atoms with Gasteiger partial charge in [-0.15, -0.1) is 0 Å². The summed E-state index contributed by atoms with van der Waals surface area (Å²) in [6.07, 6.45) is -4.51. The number of rotatable bonds is 6. The van der Waals surface area contributed by atoms with E-state index in [1.54, 1.807) is 14.2 Å². The van der Waals surface area contributed by atoms with Crippen LogP contribution in [0.2, 0.25) is 0 Å². The maximum Gasteiger partial charge on any atom is 0.416 e. The summed E-state index contributed by atoms with van der Waals surface area (Å²) in [4.78, 5) is 0. The molecule has 3 nitrogen and oxygen atoms in total. The fraction of sp³-hybridized carbons (Fsp3) is 0.500. The number of benzene rings is 1. The lowest BCUT2D eigenvalue weighted by Crippen LogP contribution is -2.26. The predicted octanol–water partition coefficient (Wildman–Crippen LogP) is 3.54. The van der Waals surface area contributed by atoms with Crippen LogP contribution in [0.15, 0.2) is 22.7 Å². The Morgan fingerprint density at radius 1 is 1.32 bits per heavy atom. The molecule has 0 aliphatic rings. The van der Waals surface area contributed by atoms with E-state index in [2.05, 4.69) is 21.2 Å². The molecule has 0 heterocycles. The fourth-order valence-corrected chi connectivity index (χ4v) is 1.97. The molecule has 0 spiro atoms. The smallest absolute Gasteiger partial charge is 0.382 e. The van der Waals surface area contributed by atoms with Gasteiger partial charge >= 0.3 is 6.18 Å². The standard InChI is InChI=1S/C12H15BrF3NO2/c1-18-7-9(19-2)6-17-11-4-3-8(5-10(11)13)12(14,15)16/h3-5,9,17H,6-7H2,1-2H3. The van der Waals surface area contributed by atoms with Gasteiger partial charge in [0.15, 0.2) is 0 Å². The summed E-state index contributed by atoms with van der Waals surface area (Å²) in [7, 11) is 3.10. The van der Waals surface area contributed by atoms with Crippen molar-refractivity contribution in [2.45, 2.75) is 12.3 Å². The highest BCUT2D eigenvalue weighted by molar-refractivity contribution is 9.10. The molecule has 1 aromatic rings. The van der Waals surface area contributed by atoms with E-state index in [9.17, 15) is 13.2 Å². The lowest BCUT2D eigenvalue weighted by molar-refractivity contribution is -0.137. The molecule has 1 N–H and O–H groups in total. The lowest BCUT2D eigenvalue weighted by atomic mass is 10.2. The Hall–Kier alpha value is -0.790. The summed E-state index contributed by atoms with van der Waals surface area (Å²) in [5.74, 6) is 0. The first-order valence-corrected chi connectivity index (χ1v) is 6.30. The van der Waals surface area contributed by atoms with Crippen molar-refractivity contribution >= 4 is 21.6 Å². The second kappa shape index (κ2) is 7.12. The minimum Gasteiger partial charge on any atom is -0.382 e. The lowest BCUT2D eigenvalue weighted by Gasteiger charge is -2.17. The summed E-state index contributed by atoms with van der Waals surface area (Å²) >= 11 is 3.12. The molecule has 0 aliphatic heterocycles. The number of nitrogens with one attached hydrogen (secondary N) is 1. The topological polar surface area (TPSA) is 30.5 Å². The Balaban J connectivity index is 2.70. The molecule has 0 aromatic heterocycles. The zero-order valence-electron chi connectivity index (χ0n) is 10.6. The molecule has 0 amide bonds. The summed E-state index contributed by atoms with van der Waals surface area (Å²) in [5, 5.41) is 3.01. The molecular formula is C12H15BrF3NO2. The Morgan fingerprint density at radius 2 is 2.00 bits per heavy atom. The minimum atomic E-state index is -4.34. The van der Waals surface area contributed by atoms with Crippen molar-refractivity contribution in [3.05, 3.63) is 28.2 Å². The van der Waals surface area contributed by atoms with Gasteiger partial charge in [-0.1, -0.05) is 0 Å². The van der Waals surface area contributed by atoms with Crippen LogP contribution in [0.3, 0.4) is 0 Å². The molecule has 0 fully saturated rings. The van der Waals surface area contributed by atoms with E-state index in [-0.39, 0.29) is 6.10 Å². The summed E-state index contributed by atoms with van der Waals surface area (Å²) < 4.78 is 47.9. The van der Waals surface area contributed by atoms with Crippen LogP contribution < -0.4 is 5.32 Å². The number of methoxy groups -OCH3 is 2. The number of hydrogen-bond donors (Lipinski definition) is 1. The van der Waals surface area contributed by atoms with E-state index in [0.717, 1.165) is 12.1 Å². The Morgan fingerprint density at radius 3 is 2.47 bits per heavy atom. The van der Waals surface area contributed by atoms with E-state index in [1.807, 2.05) is 0 Å². The second-order valence-electron chi connectivity index (χ2n) is 3.89. The van der Waals surface area contributed by atoms with Crippen LogP contribution in [0.4, 0.5) is 18.9 Å². The van der Waals surface area contributed by atoms with Crippen LogP contribution in [-0.4, -0.2) is 33.5 Å². The van der Waals surface area contributed by atoms with Gasteiger partial charge in [0.1, 0.15) is 0 Å². The largest absolute Gasteiger partial charge is 0.416 e. The van der Waals surface area contributed by atoms with Crippen molar-refractivity contribution in [1.82, 2.24) is 0 Å². The number of alkyl halides is 3. The second-order valence-corrected chi connectivity index (χ2v) is 4.74. The molecule has 1 aromatic carbocycles. The average molecular weight is 342 g/mol. The maximum atomic E-state index is 12.5. The quantitative estimate of drug-likeness (QED) is 0.858. The summed E-state index contributed by atoms with van der Waals surface area (Å²) in [5.41, 5.74) is -0.115. The van der Waals surface area contributed by atoms with Gasteiger partial charge in [0.25, 0.3) is 0 Å². The molecule has 7 heteroatoms. The molecule has 108 valence electrons. The predicted molar refractivity (Wildman–Crippen MR) is 70.3 cm³/mol. The van der Waals surface area contributed by atoms with E-state index < -0.39 is 11.7 Å². The van der Waals surface area contributed by atoms with Crippen molar-refractivity contribution in [3.8, 4) is 0 Å². The normalized spacial score (nSPS) is 13.4. The van der Waals surface area contributed by atoms with Gasteiger partial charge in [0.2, 0.25) is 0 Å². The SMILES string of the molecule is COCC(CNc1ccc(C(F)(F)F)cc1Br)OC. The first kappa shape index (κ1) is 16.3. The maximum absolute atomic E-state index is 12.5. The summed E-state index contributed by atoms with van der Waals surface area (Å²) in [6, 6.07) is 3.46. The summed E-state index contributed by atoms with van der Waals surface area (Å²) in [6.45, 7) is 0.843. The highest BCUT2D eigenvalue weighted by Crippen LogP contribution is 2.33. The first-order valence-electron chi connectivity index (χ1n) is 5.50. The zero-order chi connectivity index (χ0) is 14.5. The van der Waals surface area contributed by atoms with E-state index in [1.165, 1.54) is 6.07 Å². The van der Waals surface area contributed by atoms with Crippen molar-refractivity contribution < 1.29 is 22.6 Å². The van der Waals surface area contributed by atoms with Crippen molar-refractivity contribution in [1.29, 1.82) is 0 Å². The highest BCUT2D eigenvalue weighted by Gasteiger charge is 2.30. The van der Waals surface area contributed by atoms with E-state index in [4.69, 9.17) is 9.47 Å². The van der Waals surface area contributed by atoms with Gasteiger partial charge in [-0.2, -0.15) is 13.2 Å². The Bertz CT molecular complexity index is 412. The van der Waals surface area contributed by atoms with Crippen LogP contribution in [0, 0.1) is 0 Å². The molecule has 0 radical (unpaired) electrons. The van der Waals surface area contributed by atoms with Gasteiger partial charge in [0, 0.05) is 30.9 Å². The molecule has 0 bridgehead atoms. The molecule has 19 heavy (non-hydrogen) atoms. The molecule has 0 saturated carbocycles. The molecule has 0 aliphatic carbocycles. The van der Waals surface area contributed by atoms with Crippen molar-refractivity contribution in [3.63, 3.8) is 0 Å². The third kappa shape index (κ3) is 5.00.